The predicted octanol–water partition coefficient (Wildman–Crippen LogP) is 2.90. The number of aromatic amines is 1. The molecule has 1 atom stereocenters. The maximum atomic E-state index is 13.0. The Hall–Kier alpha value is -1.32. The van der Waals surface area contributed by atoms with E-state index in [1.807, 2.05) is 18.5 Å². The number of hydrogen-bond donors (Lipinski definition) is 2. The standard InChI is InChI=1S/C12H12ClFN2/c13-11-5-8(1-2-12(11)14)10(6-15)9-3-4-16-7-9/h1-5,7,10,16H,6,15H2. The molecular weight excluding hydrogens is 227 g/mol. The van der Waals surface area contributed by atoms with Gasteiger partial charge in [-0.15, -0.1) is 0 Å². The summed E-state index contributed by atoms with van der Waals surface area (Å²) in [5, 5.41) is 0.131. The smallest absolute Gasteiger partial charge is 0.141 e. The van der Waals surface area contributed by atoms with Gasteiger partial charge in [-0.05, 0) is 29.3 Å². The van der Waals surface area contributed by atoms with Crippen LogP contribution in [-0.2, 0) is 0 Å². The maximum absolute atomic E-state index is 13.0. The molecule has 0 aliphatic heterocycles. The van der Waals surface area contributed by atoms with Crippen LogP contribution in [0.5, 0.6) is 0 Å². The predicted molar refractivity (Wildman–Crippen MR) is 63.1 cm³/mol. The molecule has 0 aliphatic rings. The maximum Gasteiger partial charge on any atom is 0.141 e. The van der Waals surface area contributed by atoms with E-state index in [2.05, 4.69) is 4.98 Å². The molecule has 0 spiro atoms. The lowest BCUT2D eigenvalue weighted by Gasteiger charge is -2.14. The number of H-pyrrole nitrogens is 1. The summed E-state index contributed by atoms with van der Waals surface area (Å²) in [5.74, 6) is -0.361. The van der Waals surface area contributed by atoms with Crippen molar-refractivity contribution in [1.29, 1.82) is 0 Å². The molecule has 0 amide bonds. The monoisotopic (exact) mass is 238 g/mol. The number of aromatic nitrogens is 1. The van der Waals surface area contributed by atoms with Crippen LogP contribution < -0.4 is 5.73 Å². The summed E-state index contributed by atoms with van der Waals surface area (Å²) in [4.78, 5) is 2.98. The molecule has 2 aromatic rings. The van der Waals surface area contributed by atoms with Gasteiger partial charge < -0.3 is 10.7 Å². The summed E-state index contributed by atoms with van der Waals surface area (Å²) in [7, 11) is 0. The second-order valence-corrected chi connectivity index (χ2v) is 4.01. The van der Waals surface area contributed by atoms with Crippen LogP contribution in [0, 0.1) is 5.82 Å². The van der Waals surface area contributed by atoms with Gasteiger partial charge in [0.2, 0.25) is 0 Å². The van der Waals surface area contributed by atoms with Crippen LogP contribution in [0.4, 0.5) is 4.39 Å². The average Bonchev–Trinajstić information content (AvgIpc) is 2.78. The van der Waals surface area contributed by atoms with Gasteiger partial charge in [-0.3, -0.25) is 0 Å². The topological polar surface area (TPSA) is 41.8 Å². The van der Waals surface area contributed by atoms with Crippen molar-refractivity contribution in [2.24, 2.45) is 5.73 Å². The number of rotatable bonds is 3. The third kappa shape index (κ3) is 2.10. The molecule has 0 radical (unpaired) electrons. The zero-order valence-corrected chi connectivity index (χ0v) is 9.34. The van der Waals surface area contributed by atoms with Crippen molar-refractivity contribution in [3.8, 4) is 0 Å². The van der Waals surface area contributed by atoms with Gasteiger partial charge in [0.25, 0.3) is 0 Å². The molecule has 2 rings (SSSR count). The molecule has 1 heterocycles. The molecule has 1 aromatic carbocycles. The first-order valence-electron chi connectivity index (χ1n) is 5.00. The molecule has 0 saturated heterocycles. The Labute approximate surface area is 98.2 Å². The first kappa shape index (κ1) is 11.2. The lowest BCUT2D eigenvalue weighted by Crippen LogP contribution is -2.13. The molecule has 4 heteroatoms. The highest BCUT2D eigenvalue weighted by molar-refractivity contribution is 6.30. The van der Waals surface area contributed by atoms with E-state index in [1.54, 1.807) is 12.1 Å². The molecule has 0 bridgehead atoms. The third-order valence-corrected chi connectivity index (χ3v) is 2.90. The zero-order valence-electron chi connectivity index (χ0n) is 8.58. The number of nitrogens with two attached hydrogens (primary N) is 1. The number of halogens is 2. The summed E-state index contributed by atoms with van der Waals surface area (Å²) in [6.45, 7) is 0.458. The Morgan fingerprint density at radius 1 is 1.31 bits per heavy atom. The number of nitrogens with one attached hydrogen (secondary N) is 1. The van der Waals surface area contributed by atoms with Gasteiger partial charge in [-0.2, -0.15) is 0 Å². The minimum Gasteiger partial charge on any atom is -0.367 e. The van der Waals surface area contributed by atoms with Gasteiger partial charge in [0.1, 0.15) is 5.82 Å². The Kier molecular flexibility index (Phi) is 3.27. The van der Waals surface area contributed by atoms with E-state index in [0.29, 0.717) is 6.54 Å². The van der Waals surface area contributed by atoms with Gasteiger partial charge in [-0.25, -0.2) is 4.39 Å². The lowest BCUT2D eigenvalue weighted by molar-refractivity contribution is 0.626. The lowest BCUT2D eigenvalue weighted by atomic mass is 9.93. The van der Waals surface area contributed by atoms with E-state index < -0.39 is 5.82 Å². The fourth-order valence-corrected chi connectivity index (χ4v) is 1.94. The third-order valence-electron chi connectivity index (χ3n) is 2.61. The van der Waals surface area contributed by atoms with Gasteiger partial charge in [0, 0.05) is 24.9 Å². The van der Waals surface area contributed by atoms with Crippen molar-refractivity contribution in [2.45, 2.75) is 5.92 Å². The molecule has 1 aromatic heterocycles. The van der Waals surface area contributed by atoms with Crippen LogP contribution in [0.15, 0.2) is 36.7 Å². The molecule has 2 nitrogen and oxygen atoms in total. The van der Waals surface area contributed by atoms with E-state index in [0.717, 1.165) is 11.1 Å². The Bertz CT molecular complexity index is 468. The van der Waals surface area contributed by atoms with Crippen LogP contribution in [-0.4, -0.2) is 11.5 Å². The Morgan fingerprint density at radius 3 is 2.69 bits per heavy atom. The van der Waals surface area contributed by atoms with Gasteiger partial charge in [0.05, 0.1) is 5.02 Å². The summed E-state index contributed by atoms with van der Waals surface area (Å²) in [5.41, 5.74) is 7.73. The van der Waals surface area contributed by atoms with Crippen LogP contribution in [0.2, 0.25) is 5.02 Å². The van der Waals surface area contributed by atoms with Gasteiger partial charge >= 0.3 is 0 Å². The largest absolute Gasteiger partial charge is 0.367 e. The van der Waals surface area contributed by atoms with Crippen LogP contribution in [0.25, 0.3) is 0 Å². The SMILES string of the molecule is NCC(c1cc[nH]c1)c1ccc(F)c(Cl)c1. The second-order valence-electron chi connectivity index (χ2n) is 3.61. The highest BCUT2D eigenvalue weighted by atomic mass is 35.5. The Morgan fingerprint density at radius 2 is 2.12 bits per heavy atom. The van der Waals surface area contributed by atoms with Crippen molar-refractivity contribution in [3.05, 3.63) is 58.6 Å². The molecular formula is C12H12ClFN2. The summed E-state index contributed by atoms with van der Waals surface area (Å²) < 4.78 is 13.0. The molecule has 0 saturated carbocycles. The highest BCUT2D eigenvalue weighted by Gasteiger charge is 2.14. The minimum atomic E-state index is -0.407. The first-order valence-corrected chi connectivity index (χ1v) is 5.38. The van der Waals surface area contributed by atoms with E-state index >= 15 is 0 Å². The molecule has 1 unspecified atom stereocenters. The zero-order chi connectivity index (χ0) is 11.5. The summed E-state index contributed by atoms with van der Waals surface area (Å²) >= 11 is 5.75. The van der Waals surface area contributed by atoms with Gasteiger partial charge in [0.15, 0.2) is 0 Å². The van der Waals surface area contributed by atoms with Crippen LogP contribution in [0.3, 0.4) is 0 Å². The molecule has 0 aliphatic carbocycles. The van der Waals surface area contributed by atoms with E-state index in [9.17, 15) is 4.39 Å². The number of benzene rings is 1. The quantitative estimate of drug-likeness (QED) is 0.848. The molecule has 16 heavy (non-hydrogen) atoms. The second kappa shape index (κ2) is 4.68. The van der Waals surface area contributed by atoms with Gasteiger partial charge in [-0.1, -0.05) is 17.7 Å². The fraction of sp³-hybridized carbons (Fsp3) is 0.167. The summed E-state index contributed by atoms with van der Waals surface area (Å²) in [6, 6.07) is 6.66. The van der Waals surface area contributed by atoms with Crippen molar-refractivity contribution in [1.82, 2.24) is 4.98 Å². The van der Waals surface area contributed by atoms with E-state index in [4.69, 9.17) is 17.3 Å². The minimum absolute atomic E-state index is 0.0457. The summed E-state index contributed by atoms with van der Waals surface area (Å²) in [6.07, 6.45) is 3.72. The highest BCUT2D eigenvalue weighted by Crippen LogP contribution is 2.26. The molecule has 0 fully saturated rings. The van der Waals surface area contributed by atoms with E-state index in [1.165, 1.54) is 6.07 Å². The first-order chi connectivity index (χ1) is 7.72. The van der Waals surface area contributed by atoms with Crippen molar-refractivity contribution in [3.63, 3.8) is 0 Å². The van der Waals surface area contributed by atoms with Crippen molar-refractivity contribution < 1.29 is 4.39 Å². The molecule has 84 valence electrons. The van der Waals surface area contributed by atoms with Crippen molar-refractivity contribution >= 4 is 11.6 Å². The Balaban J connectivity index is 2.37. The molecule has 3 N–H and O–H groups in total. The average molecular weight is 239 g/mol. The van der Waals surface area contributed by atoms with Crippen LogP contribution in [0.1, 0.15) is 17.0 Å². The normalized spacial score (nSPS) is 12.7. The van der Waals surface area contributed by atoms with E-state index in [-0.39, 0.29) is 10.9 Å². The fourth-order valence-electron chi connectivity index (χ4n) is 1.75. The number of hydrogen-bond acceptors (Lipinski definition) is 1. The van der Waals surface area contributed by atoms with Crippen molar-refractivity contribution in [2.75, 3.05) is 6.54 Å². The van der Waals surface area contributed by atoms with Crippen LogP contribution >= 0.6 is 11.6 Å².